The third-order valence-electron chi connectivity index (χ3n) is 2.98. The first kappa shape index (κ1) is 15.1. The Balaban J connectivity index is 1.90. The quantitative estimate of drug-likeness (QED) is 0.746. The van der Waals surface area contributed by atoms with Crippen molar-refractivity contribution in [3.8, 4) is 0 Å². The molecule has 0 saturated carbocycles. The van der Waals surface area contributed by atoms with Gasteiger partial charge in [-0.2, -0.15) is 0 Å². The summed E-state index contributed by atoms with van der Waals surface area (Å²) in [6.07, 6.45) is 5.48. The second-order valence-corrected chi connectivity index (χ2v) is 4.67. The minimum atomic E-state index is -0.0520. The van der Waals surface area contributed by atoms with Crippen molar-refractivity contribution in [1.29, 1.82) is 0 Å². The predicted octanol–water partition coefficient (Wildman–Crippen LogP) is 4.12. The molecule has 0 bridgehead atoms. The Bertz CT molecular complexity index is 591. The molecule has 21 heavy (non-hydrogen) atoms. The van der Waals surface area contributed by atoms with E-state index in [1.54, 1.807) is 6.20 Å². The molecule has 0 amide bonds. The molecular formula is C18H20N2O. The maximum Gasteiger partial charge on any atom is 0.0902 e. The highest BCUT2D eigenvalue weighted by Crippen LogP contribution is 2.12. The van der Waals surface area contributed by atoms with Crippen molar-refractivity contribution >= 4 is 11.9 Å². The average Bonchev–Trinajstić information content (AvgIpc) is 2.55. The molecule has 0 spiro atoms. The minimum absolute atomic E-state index is 0.0520. The number of aliphatic imine (C=N–C) groups is 1. The van der Waals surface area contributed by atoms with E-state index in [4.69, 9.17) is 4.74 Å². The summed E-state index contributed by atoms with van der Waals surface area (Å²) in [5.74, 6) is 0. The molecule has 2 aromatic rings. The zero-order valence-corrected chi connectivity index (χ0v) is 12.4. The Morgan fingerprint density at radius 2 is 1.95 bits per heavy atom. The molecule has 108 valence electrons. The van der Waals surface area contributed by atoms with E-state index in [1.165, 1.54) is 0 Å². The van der Waals surface area contributed by atoms with Crippen LogP contribution in [0.2, 0.25) is 0 Å². The van der Waals surface area contributed by atoms with Gasteiger partial charge in [0.15, 0.2) is 0 Å². The number of rotatable bonds is 6. The maximum atomic E-state index is 5.76. The largest absolute Gasteiger partial charge is 0.368 e. The van der Waals surface area contributed by atoms with Crippen LogP contribution in [0, 0.1) is 0 Å². The molecule has 1 heterocycles. The molecule has 3 nitrogen and oxygen atoms in total. The minimum Gasteiger partial charge on any atom is -0.368 e. The predicted molar refractivity (Wildman–Crippen MR) is 87.1 cm³/mol. The first-order valence-electron chi connectivity index (χ1n) is 7.07. The van der Waals surface area contributed by atoms with Crippen molar-refractivity contribution in [2.75, 3.05) is 0 Å². The monoisotopic (exact) mass is 280 g/mol. The number of aromatic nitrogens is 1. The fourth-order valence-electron chi connectivity index (χ4n) is 1.83. The molecular weight excluding hydrogens is 260 g/mol. The first-order valence-corrected chi connectivity index (χ1v) is 7.07. The lowest BCUT2D eigenvalue weighted by Crippen LogP contribution is -2.09. The Morgan fingerprint density at radius 3 is 2.62 bits per heavy atom. The Labute approximate surface area is 126 Å². The summed E-state index contributed by atoms with van der Waals surface area (Å²) in [7, 11) is 0. The molecule has 0 aliphatic heterocycles. The van der Waals surface area contributed by atoms with E-state index < -0.39 is 0 Å². The number of ether oxygens (including phenoxy) is 1. The lowest BCUT2D eigenvalue weighted by molar-refractivity contribution is 0.0991. The molecule has 1 unspecified atom stereocenters. The van der Waals surface area contributed by atoms with Crippen LogP contribution >= 0.6 is 0 Å². The highest BCUT2D eigenvalue weighted by molar-refractivity contribution is 5.74. The molecule has 3 heteroatoms. The van der Waals surface area contributed by atoms with E-state index in [0.29, 0.717) is 6.61 Å². The fraction of sp³-hybridized carbons (Fsp3) is 0.222. The summed E-state index contributed by atoms with van der Waals surface area (Å²) in [6.45, 7) is 4.53. The summed E-state index contributed by atoms with van der Waals surface area (Å²) < 4.78 is 5.76. The van der Waals surface area contributed by atoms with Crippen molar-refractivity contribution in [3.05, 3.63) is 72.1 Å². The van der Waals surface area contributed by atoms with Crippen molar-refractivity contribution in [3.63, 3.8) is 0 Å². The van der Waals surface area contributed by atoms with Crippen LogP contribution in [-0.4, -0.2) is 17.3 Å². The third kappa shape index (κ3) is 4.97. The number of hydrogen-bond donors (Lipinski definition) is 0. The maximum absolute atomic E-state index is 5.76. The summed E-state index contributed by atoms with van der Waals surface area (Å²) in [5.41, 5.74) is 2.88. The Morgan fingerprint density at radius 1 is 1.19 bits per heavy atom. The van der Waals surface area contributed by atoms with Gasteiger partial charge in [0.1, 0.15) is 0 Å². The van der Waals surface area contributed by atoms with Gasteiger partial charge in [0.2, 0.25) is 0 Å². The number of benzene rings is 1. The molecule has 1 atom stereocenters. The molecule has 0 aliphatic rings. The molecule has 0 saturated heterocycles. The van der Waals surface area contributed by atoms with Crippen LogP contribution in [0.4, 0.5) is 0 Å². The van der Waals surface area contributed by atoms with Gasteiger partial charge in [0, 0.05) is 12.4 Å². The zero-order chi connectivity index (χ0) is 14.9. The standard InChI is InChI=1S/C18H20N2O/c1-3-17(18-11-7-8-12-19-18)20-13-15(2)21-14-16-9-5-4-6-10-16/h3-13,15H,14H2,1-2H3/b17-3-,20-13?. The Hall–Kier alpha value is -2.26. The lowest BCUT2D eigenvalue weighted by atomic mass is 10.2. The molecule has 0 fully saturated rings. The summed E-state index contributed by atoms with van der Waals surface area (Å²) >= 11 is 0. The normalized spacial score (nSPS) is 13.5. The van der Waals surface area contributed by atoms with Crippen molar-refractivity contribution in [2.45, 2.75) is 26.6 Å². The number of allylic oxidation sites excluding steroid dienone is 1. The highest BCUT2D eigenvalue weighted by atomic mass is 16.5. The van der Waals surface area contributed by atoms with E-state index in [0.717, 1.165) is 17.0 Å². The van der Waals surface area contributed by atoms with E-state index in [2.05, 4.69) is 22.1 Å². The van der Waals surface area contributed by atoms with Crippen molar-refractivity contribution < 1.29 is 4.74 Å². The summed E-state index contributed by atoms with van der Waals surface area (Å²) in [4.78, 5) is 8.77. The second-order valence-electron chi connectivity index (χ2n) is 4.67. The third-order valence-corrected chi connectivity index (χ3v) is 2.98. The van der Waals surface area contributed by atoms with Gasteiger partial charge in [-0.05, 0) is 31.5 Å². The number of pyridine rings is 1. The average molecular weight is 280 g/mol. The summed E-state index contributed by atoms with van der Waals surface area (Å²) in [5, 5.41) is 0. The zero-order valence-electron chi connectivity index (χ0n) is 12.4. The SMILES string of the molecule is C/C=C(\N=CC(C)OCc1ccccc1)c1ccccn1. The summed E-state index contributed by atoms with van der Waals surface area (Å²) in [6, 6.07) is 15.9. The van der Waals surface area contributed by atoms with Crippen LogP contribution in [0.15, 0.2) is 65.8 Å². The highest BCUT2D eigenvalue weighted by Gasteiger charge is 2.02. The van der Waals surface area contributed by atoms with Crippen LogP contribution in [-0.2, 0) is 11.3 Å². The fourth-order valence-corrected chi connectivity index (χ4v) is 1.83. The van der Waals surface area contributed by atoms with Gasteiger partial charge in [-0.15, -0.1) is 0 Å². The van der Waals surface area contributed by atoms with Gasteiger partial charge < -0.3 is 4.74 Å². The van der Waals surface area contributed by atoms with Crippen LogP contribution in [0.1, 0.15) is 25.1 Å². The van der Waals surface area contributed by atoms with Crippen LogP contribution in [0.25, 0.3) is 5.70 Å². The van der Waals surface area contributed by atoms with Crippen LogP contribution in [0.5, 0.6) is 0 Å². The van der Waals surface area contributed by atoms with E-state index in [9.17, 15) is 0 Å². The molecule has 1 aromatic carbocycles. The van der Waals surface area contributed by atoms with Crippen molar-refractivity contribution in [1.82, 2.24) is 4.98 Å². The molecule has 1 aromatic heterocycles. The number of hydrogen-bond acceptors (Lipinski definition) is 3. The number of nitrogens with zero attached hydrogens (tertiary/aromatic N) is 2. The molecule has 0 aliphatic carbocycles. The Kier molecular flexibility index (Phi) is 5.85. The van der Waals surface area contributed by atoms with E-state index >= 15 is 0 Å². The second kappa shape index (κ2) is 8.12. The topological polar surface area (TPSA) is 34.5 Å². The first-order chi connectivity index (χ1) is 10.3. The smallest absolute Gasteiger partial charge is 0.0902 e. The molecule has 0 N–H and O–H groups in total. The van der Waals surface area contributed by atoms with Crippen LogP contribution in [0.3, 0.4) is 0 Å². The van der Waals surface area contributed by atoms with Gasteiger partial charge >= 0.3 is 0 Å². The van der Waals surface area contributed by atoms with Crippen molar-refractivity contribution in [2.24, 2.45) is 4.99 Å². The van der Waals surface area contributed by atoms with Gasteiger partial charge in [0.05, 0.1) is 24.1 Å². The van der Waals surface area contributed by atoms with Gasteiger partial charge in [-0.3, -0.25) is 9.98 Å². The van der Waals surface area contributed by atoms with Gasteiger partial charge in [-0.25, -0.2) is 0 Å². The molecule has 0 radical (unpaired) electrons. The van der Waals surface area contributed by atoms with E-state index in [1.807, 2.05) is 62.5 Å². The molecule has 2 rings (SSSR count). The van der Waals surface area contributed by atoms with E-state index in [-0.39, 0.29) is 6.10 Å². The van der Waals surface area contributed by atoms with Gasteiger partial charge in [0.25, 0.3) is 0 Å². The van der Waals surface area contributed by atoms with Crippen LogP contribution < -0.4 is 0 Å². The van der Waals surface area contributed by atoms with Gasteiger partial charge in [-0.1, -0.05) is 42.5 Å². The lowest BCUT2D eigenvalue weighted by Gasteiger charge is -2.08.